The van der Waals surface area contributed by atoms with Crippen molar-refractivity contribution in [2.45, 2.75) is 182 Å². The third-order valence-corrected chi connectivity index (χ3v) is 20.9. The number of aromatic nitrogens is 4. The lowest BCUT2D eigenvalue weighted by molar-refractivity contribution is -0.0989. The molecule has 1 saturated heterocycles. The highest BCUT2D eigenvalue weighted by atomic mass is 32.2. The molecular formula is C63H77F4N9O6S2. The molecule has 4 aromatic heterocycles. The van der Waals surface area contributed by atoms with E-state index in [4.69, 9.17) is 9.47 Å². The molecular weight excluding hydrogens is 1120 g/mol. The Morgan fingerprint density at radius 1 is 0.679 bits per heavy atom. The van der Waals surface area contributed by atoms with Crippen molar-refractivity contribution in [1.82, 2.24) is 40.4 Å². The van der Waals surface area contributed by atoms with E-state index in [0.29, 0.717) is 28.0 Å². The topological polar surface area (TPSA) is 180 Å². The summed E-state index contributed by atoms with van der Waals surface area (Å²) in [5.41, 5.74) is 7.42. The van der Waals surface area contributed by atoms with Gasteiger partial charge in [0, 0.05) is 167 Å². The summed E-state index contributed by atoms with van der Waals surface area (Å²) in [6.07, 6.45) is 7.95. The number of pyridine rings is 2. The number of hydrogen-bond acceptors (Lipinski definition) is 11. The first-order valence-electron chi connectivity index (χ1n) is 29.7. The quantitative estimate of drug-likeness (QED) is 0.0281. The molecule has 15 nitrogen and oxygen atoms in total. The Balaban J connectivity index is 0.837. The number of methoxy groups -OCH3 is 1. The van der Waals surface area contributed by atoms with E-state index in [9.17, 15) is 36.7 Å². The van der Waals surface area contributed by atoms with E-state index in [1.807, 2.05) is 76.6 Å². The van der Waals surface area contributed by atoms with E-state index in [1.54, 1.807) is 7.11 Å². The van der Waals surface area contributed by atoms with Crippen LogP contribution in [0.25, 0.3) is 21.8 Å². The zero-order chi connectivity index (χ0) is 59.3. The van der Waals surface area contributed by atoms with Crippen molar-refractivity contribution >= 4 is 62.8 Å². The molecule has 0 bridgehead atoms. The second-order valence-electron chi connectivity index (χ2n) is 25.1. The van der Waals surface area contributed by atoms with Gasteiger partial charge in [0.2, 0.25) is 0 Å². The number of nitrogens with one attached hydrogen (secondary N) is 6. The molecule has 6 N–H and O–H groups in total. The Morgan fingerprint density at radius 3 is 1.69 bits per heavy atom. The molecule has 4 atom stereocenters. The van der Waals surface area contributed by atoms with Crippen molar-refractivity contribution in [2.24, 2.45) is 17.8 Å². The van der Waals surface area contributed by atoms with E-state index in [0.717, 1.165) is 112 Å². The number of H-pyrrole nitrogens is 2. The van der Waals surface area contributed by atoms with Crippen molar-refractivity contribution in [3.8, 4) is 5.75 Å². The molecule has 84 heavy (non-hydrogen) atoms. The van der Waals surface area contributed by atoms with Gasteiger partial charge in [-0.1, -0.05) is 0 Å². The number of aromatic amines is 2. The van der Waals surface area contributed by atoms with Gasteiger partial charge >= 0.3 is 0 Å². The SMILES string of the molecule is COC1CN(c2ccc3c(C(=O)NCc4c(SC)cc(C)[nH]c4=O)c(C)n([C@H](CC4CC4Oc4ccc5c(C(=O)NCc6c(SC)cc(C)[nH]c6=O)c(C)n([C@H](C)C6CC(NC7CC(F)(F)C7)C6)c5c4)C4CC(NC5CC(F)(F)C5)C4)c3c2)C1. The highest BCUT2D eigenvalue weighted by Gasteiger charge is 2.51. The number of carbonyl (C=O) groups excluding carboxylic acids is 2. The lowest BCUT2D eigenvalue weighted by atomic mass is 9.72. The fourth-order valence-corrected chi connectivity index (χ4v) is 15.8. The summed E-state index contributed by atoms with van der Waals surface area (Å²) in [6.45, 7) is 11.4. The smallest absolute Gasteiger partial charge is 0.254 e. The normalized spacial score (nSPS) is 24.4. The molecule has 6 aromatic rings. The number of rotatable bonds is 22. The largest absolute Gasteiger partial charge is 0.490 e. The predicted molar refractivity (Wildman–Crippen MR) is 322 cm³/mol. The first-order chi connectivity index (χ1) is 40.1. The van der Waals surface area contributed by atoms with Crippen molar-refractivity contribution < 1.29 is 36.6 Å². The second-order valence-corrected chi connectivity index (χ2v) is 26.8. The van der Waals surface area contributed by atoms with Gasteiger partial charge in [-0.3, -0.25) is 19.2 Å². The average molecular weight is 1200 g/mol. The van der Waals surface area contributed by atoms with Crippen LogP contribution in [-0.2, 0) is 17.8 Å². The number of halogens is 4. The molecule has 2 aromatic carbocycles. The summed E-state index contributed by atoms with van der Waals surface area (Å²) < 4.78 is 72.8. The molecule has 450 valence electrons. The van der Waals surface area contributed by atoms with Gasteiger partial charge in [-0.05, 0) is 140 Å². The molecule has 2 amide bonds. The predicted octanol–water partition coefficient (Wildman–Crippen LogP) is 10.6. The van der Waals surface area contributed by atoms with Gasteiger partial charge in [0.25, 0.3) is 34.8 Å². The number of aryl methyl sites for hydroxylation is 2. The number of amides is 2. The third-order valence-electron chi connectivity index (χ3n) is 19.3. The molecule has 2 unspecified atom stereocenters. The van der Waals surface area contributed by atoms with Gasteiger partial charge in [-0.25, -0.2) is 17.6 Å². The minimum absolute atomic E-state index is 0.0435. The number of hydrogen-bond donors (Lipinski definition) is 6. The Kier molecular flexibility index (Phi) is 15.9. The number of ether oxygens (including phenoxy) is 2. The molecule has 1 aliphatic heterocycles. The van der Waals surface area contributed by atoms with Crippen LogP contribution in [0.4, 0.5) is 23.2 Å². The van der Waals surface area contributed by atoms with Gasteiger partial charge in [0.15, 0.2) is 0 Å². The number of anilines is 1. The monoisotopic (exact) mass is 1200 g/mol. The summed E-state index contributed by atoms with van der Waals surface area (Å²) in [7, 11) is 1.72. The molecule has 5 heterocycles. The fourth-order valence-electron chi connectivity index (χ4n) is 14.4. The second kappa shape index (κ2) is 22.8. The van der Waals surface area contributed by atoms with Gasteiger partial charge in [0.05, 0.1) is 28.3 Å². The summed E-state index contributed by atoms with van der Waals surface area (Å²) in [5.74, 6) is -4.62. The number of carbonyl (C=O) groups is 2. The van der Waals surface area contributed by atoms with Crippen LogP contribution in [0.3, 0.4) is 0 Å². The average Bonchev–Trinajstić information content (AvgIpc) is 1.65. The highest BCUT2D eigenvalue weighted by Crippen LogP contribution is 2.51. The first-order valence-corrected chi connectivity index (χ1v) is 32.1. The van der Waals surface area contributed by atoms with Crippen LogP contribution in [0.15, 0.2) is 67.9 Å². The third kappa shape index (κ3) is 11.4. The van der Waals surface area contributed by atoms with E-state index >= 15 is 0 Å². The van der Waals surface area contributed by atoms with Crippen LogP contribution in [0, 0.1) is 45.4 Å². The summed E-state index contributed by atoms with van der Waals surface area (Å²) in [5, 5.41) is 14.7. The summed E-state index contributed by atoms with van der Waals surface area (Å²) in [6, 6.07) is 15.7. The fraction of sp³-hybridized carbons (Fsp3) is 0.556. The van der Waals surface area contributed by atoms with Crippen molar-refractivity contribution in [3.63, 3.8) is 0 Å². The van der Waals surface area contributed by atoms with Crippen molar-refractivity contribution in [3.05, 3.63) is 114 Å². The van der Waals surface area contributed by atoms with Crippen LogP contribution in [-0.4, -0.2) is 112 Å². The molecule has 21 heteroatoms. The highest BCUT2D eigenvalue weighted by molar-refractivity contribution is 7.98. The Hall–Kier alpha value is -5.74. The first kappa shape index (κ1) is 58.6. The van der Waals surface area contributed by atoms with E-state index in [-0.39, 0.29) is 128 Å². The number of nitrogens with zero attached hydrogens (tertiary/aromatic N) is 3. The van der Waals surface area contributed by atoms with Crippen LogP contribution >= 0.6 is 23.5 Å². The Labute approximate surface area is 494 Å². The zero-order valence-electron chi connectivity index (χ0n) is 49.0. The van der Waals surface area contributed by atoms with Crippen molar-refractivity contribution in [1.29, 1.82) is 0 Å². The lowest BCUT2D eigenvalue weighted by Gasteiger charge is -2.46. The number of thioether (sulfide) groups is 2. The molecule has 0 radical (unpaired) electrons. The van der Waals surface area contributed by atoms with Crippen LogP contribution < -0.4 is 42.0 Å². The minimum Gasteiger partial charge on any atom is -0.490 e. The maximum absolute atomic E-state index is 14.7. The molecule has 6 fully saturated rings. The van der Waals surface area contributed by atoms with E-state index in [2.05, 4.69) is 64.3 Å². The summed E-state index contributed by atoms with van der Waals surface area (Å²) >= 11 is 2.91. The van der Waals surface area contributed by atoms with E-state index in [1.165, 1.54) is 23.5 Å². The Morgan fingerprint density at radius 2 is 1.18 bits per heavy atom. The molecule has 6 aliphatic rings. The van der Waals surface area contributed by atoms with E-state index < -0.39 is 11.8 Å². The lowest BCUT2D eigenvalue weighted by Crippen LogP contribution is -2.55. The van der Waals surface area contributed by atoms with Crippen LogP contribution in [0.2, 0.25) is 0 Å². The molecule has 12 rings (SSSR count). The zero-order valence-corrected chi connectivity index (χ0v) is 50.6. The van der Waals surface area contributed by atoms with Gasteiger partial charge in [-0.2, -0.15) is 0 Å². The molecule has 5 saturated carbocycles. The maximum atomic E-state index is 14.7. The summed E-state index contributed by atoms with van der Waals surface area (Å²) in [4.78, 5) is 65.2. The molecule has 0 spiro atoms. The standard InChI is InChI=1S/C63H77F4N9O6S2/c1-31-13-54(83-7)48(58(77)70-31)27-68-60(79)56-34(4)75(33(3)36-15-39(16-36)72-41-23-62(64,65)24-41)52-22-44(10-12-47(52)56)82-53-20-38(53)19-50(37-17-40(18-37)73-42-25-63(66,67)26-42)76-35(5)57(46-11-9-43(21-51(46)76)74-29-45(30-74)81-6)61(80)69-28-49-55(84-8)14-32(2)71-59(49)78/h9-14,21-22,33,36-42,45,50,53,72-73H,15-20,23-30H2,1-8H3,(H,68,79)(H,69,80)(H,70,77)(H,71,78)/t33-,36?,37?,38?,39?,40?,50-,53?/m1/s1. The minimum atomic E-state index is -2.63. The van der Waals surface area contributed by atoms with Crippen LogP contribution in [0.5, 0.6) is 5.75 Å². The molecule has 5 aliphatic carbocycles. The van der Waals surface area contributed by atoms with Crippen LogP contribution in [0.1, 0.15) is 138 Å². The number of benzene rings is 2. The van der Waals surface area contributed by atoms with Crippen molar-refractivity contribution in [2.75, 3.05) is 37.6 Å². The number of fused-ring (bicyclic) bond motifs is 2. The van der Waals surface area contributed by atoms with Gasteiger partial charge in [-0.15, -0.1) is 23.5 Å². The maximum Gasteiger partial charge on any atom is 0.254 e. The van der Waals surface area contributed by atoms with Gasteiger partial charge in [0.1, 0.15) is 11.9 Å². The Bertz CT molecular complexity index is 3640. The number of alkyl halides is 4. The van der Waals surface area contributed by atoms with Gasteiger partial charge < -0.3 is 54.7 Å².